The van der Waals surface area contributed by atoms with Crippen molar-refractivity contribution >= 4 is 23.0 Å². The van der Waals surface area contributed by atoms with E-state index in [0.717, 1.165) is 16.9 Å². The predicted octanol–water partition coefficient (Wildman–Crippen LogP) is 3.26. The van der Waals surface area contributed by atoms with Crippen LogP contribution in [0, 0.1) is 0 Å². The third-order valence-corrected chi connectivity index (χ3v) is 2.85. The zero-order valence-corrected chi connectivity index (χ0v) is 10.6. The summed E-state index contributed by atoms with van der Waals surface area (Å²) >= 11 is 5.97. The third-order valence-electron chi connectivity index (χ3n) is 2.62. The van der Waals surface area contributed by atoms with Crippen LogP contribution in [0.3, 0.4) is 0 Å². The molecule has 0 saturated carbocycles. The van der Waals surface area contributed by atoms with Crippen LogP contribution in [0.2, 0.25) is 5.02 Å². The van der Waals surface area contributed by atoms with E-state index in [1.54, 1.807) is 0 Å². The first kappa shape index (κ1) is 11.7. The zero-order valence-electron chi connectivity index (χ0n) is 9.84. The Kier molecular flexibility index (Phi) is 3.12. The van der Waals surface area contributed by atoms with Gasteiger partial charge >= 0.3 is 0 Å². The van der Waals surface area contributed by atoms with Crippen molar-refractivity contribution in [3.8, 4) is 11.4 Å². The van der Waals surface area contributed by atoms with Crippen molar-refractivity contribution in [1.29, 1.82) is 0 Å². The fourth-order valence-corrected chi connectivity index (χ4v) is 1.98. The van der Waals surface area contributed by atoms with Gasteiger partial charge in [0.1, 0.15) is 0 Å². The Hall–Kier alpha value is -2.40. The zero-order chi connectivity index (χ0) is 13.1. The SMILES string of the molecule is Clc1cccc(Nc2ccccc2-c2nn[nH]n2)c1. The highest BCUT2D eigenvalue weighted by atomic mass is 35.5. The number of benzene rings is 2. The fraction of sp³-hybridized carbons (Fsp3) is 0. The Morgan fingerprint density at radius 2 is 1.95 bits per heavy atom. The minimum atomic E-state index is 0.546. The molecule has 3 rings (SSSR count). The first-order valence-electron chi connectivity index (χ1n) is 5.68. The van der Waals surface area contributed by atoms with Gasteiger partial charge in [-0.05, 0) is 35.5 Å². The second-order valence-electron chi connectivity index (χ2n) is 3.92. The van der Waals surface area contributed by atoms with Gasteiger partial charge in [0.05, 0.1) is 0 Å². The number of hydrogen-bond donors (Lipinski definition) is 2. The molecular weight excluding hydrogens is 262 g/mol. The number of nitrogens with zero attached hydrogens (tertiary/aromatic N) is 3. The number of aromatic amines is 1. The largest absolute Gasteiger partial charge is 0.355 e. The summed E-state index contributed by atoms with van der Waals surface area (Å²) in [5, 5.41) is 18.0. The van der Waals surface area contributed by atoms with Crippen LogP contribution < -0.4 is 5.32 Å². The second kappa shape index (κ2) is 5.07. The molecule has 6 heteroatoms. The van der Waals surface area contributed by atoms with Gasteiger partial charge in [0.15, 0.2) is 0 Å². The Morgan fingerprint density at radius 1 is 1.05 bits per heavy atom. The fourth-order valence-electron chi connectivity index (χ4n) is 1.78. The summed E-state index contributed by atoms with van der Waals surface area (Å²) in [6, 6.07) is 15.3. The van der Waals surface area contributed by atoms with E-state index in [1.807, 2.05) is 48.5 Å². The highest BCUT2D eigenvalue weighted by Crippen LogP contribution is 2.28. The summed E-state index contributed by atoms with van der Waals surface area (Å²) in [5.41, 5.74) is 2.67. The lowest BCUT2D eigenvalue weighted by Gasteiger charge is -2.09. The maximum Gasteiger partial charge on any atom is 0.206 e. The molecule has 0 saturated heterocycles. The van der Waals surface area contributed by atoms with Gasteiger partial charge in [-0.25, -0.2) is 0 Å². The molecule has 0 spiro atoms. The van der Waals surface area contributed by atoms with Crippen LogP contribution in [0.4, 0.5) is 11.4 Å². The molecule has 0 atom stereocenters. The number of hydrogen-bond acceptors (Lipinski definition) is 4. The number of nitrogens with one attached hydrogen (secondary N) is 2. The first-order chi connectivity index (χ1) is 9.33. The molecule has 1 aromatic heterocycles. The van der Waals surface area contributed by atoms with Crippen molar-refractivity contribution < 1.29 is 0 Å². The molecule has 3 aromatic rings. The van der Waals surface area contributed by atoms with E-state index < -0.39 is 0 Å². The summed E-state index contributed by atoms with van der Waals surface area (Å²) in [7, 11) is 0. The van der Waals surface area contributed by atoms with E-state index in [0.29, 0.717) is 10.8 Å². The third kappa shape index (κ3) is 2.56. The Morgan fingerprint density at radius 3 is 2.74 bits per heavy atom. The molecular formula is C13H10ClN5. The van der Waals surface area contributed by atoms with Crippen LogP contribution in [0.15, 0.2) is 48.5 Å². The van der Waals surface area contributed by atoms with Crippen molar-refractivity contribution in [2.45, 2.75) is 0 Å². The van der Waals surface area contributed by atoms with Gasteiger partial charge in [-0.2, -0.15) is 5.21 Å². The molecule has 0 amide bonds. The van der Waals surface area contributed by atoms with E-state index in [1.165, 1.54) is 0 Å². The van der Waals surface area contributed by atoms with Crippen LogP contribution in [0.5, 0.6) is 0 Å². The highest BCUT2D eigenvalue weighted by molar-refractivity contribution is 6.30. The number of para-hydroxylation sites is 1. The maximum atomic E-state index is 5.97. The number of anilines is 2. The van der Waals surface area contributed by atoms with Crippen LogP contribution in [-0.4, -0.2) is 20.6 Å². The van der Waals surface area contributed by atoms with Crippen molar-refractivity contribution in [3.63, 3.8) is 0 Å². The Labute approximate surface area is 114 Å². The molecule has 0 aliphatic heterocycles. The summed E-state index contributed by atoms with van der Waals surface area (Å²) in [5.74, 6) is 0.546. The van der Waals surface area contributed by atoms with Gasteiger partial charge < -0.3 is 5.32 Å². The van der Waals surface area contributed by atoms with Crippen LogP contribution >= 0.6 is 11.6 Å². The van der Waals surface area contributed by atoms with Gasteiger partial charge in [0.25, 0.3) is 0 Å². The lowest BCUT2D eigenvalue weighted by atomic mass is 10.1. The molecule has 2 N–H and O–H groups in total. The number of H-pyrrole nitrogens is 1. The molecule has 0 aliphatic rings. The van der Waals surface area contributed by atoms with Crippen LogP contribution in [0.1, 0.15) is 0 Å². The molecule has 5 nitrogen and oxygen atoms in total. The Bertz CT molecular complexity index is 681. The van der Waals surface area contributed by atoms with E-state index >= 15 is 0 Å². The number of tetrazole rings is 1. The van der Waals surface area contributed by atoms with Gasteiger partial charge in [0, 0.05) is 22.0 Å². The summed E-state index contributed by atoms with van der Waals surface area (Å²) in [6.07, 6.45) is 0. The maximum absolute atomic E-state index is 5.97. The molecule has 0 aliphatic carbocycles. The number of halogens is 1. The van der Waals surface area contributed by atoms with E-state index in [2.05, 4.69) is 25.9 Å². The van der Waals surface area contributed by atoms with Gasteiger partial charge in [0.2, 0.25) is 5.82 Å². The summed E-state index contributed by atoms with van der Waals surface area (Å²) in [6.45, 7) is 0. The van der Waals surface area contributed by atoms with Gasteiger partial charge in [-0.1, -0.05) is 29.8 Å². The van der Waals surface area contributed by atoms with Gasteiger partial charge in [-0.15, -0.1) is 10.2 Å². The lowest BCUT2D eigenvalue weighted by Crippen LogP contribution is -1.94. The second-order valence-corrected chi connectivity index (χ2v) is 4.35. The van der Waals surface area contributed by atoms with E-state index in [4.69, 9.17) is 11.6 Å². The number of aromatic nitrogens is 4. The normalized spacial score (nSPS) is 10.4. The molecule has 94 valence electrons. The molecule has 0 fully saturated rings. The van der Waals surface area contributed by atoms with E-state index in [-0.39, 0.29) is 0 Å². The number of rotatable bonds is 3. The molecule has 0 bridgehead atoms. The van der Waals surface area contributed by atoms with Crippen LogP contribution in [-0.2, 0) is 0 Å². The molecule has 2 aromatic carbocycles. The topological polar surface area (TPSA) is 66.5 Å². The summed E-state index contributed by atoms with van der Waals surface area (Å²) < 4.78 is 0. The van der Waals surface area contributed by atoms with Crippen molar-refractivity contribution in [2.75, 3.05) is 5.32 Å². The molecule has 0 radical (unpaired) electrons. The smallest absolute Gasteiger partial charge is 0.206 e. The quantitative estimate of drug-likeness (QED) is 0.767. The predicted molar refractivity (Wildman–Crippen MR) is 74.3 cm³/mol. The first-order valence-corrected chi connectivity index (χ1v) is 6.06. The van der Waals surface area contributed by atoms with Crippen molar-refractivity contribution in [3.05, 3.63) is 53.6 Å². The molecule has 19 heavy (non-hydrogen) atoms. The minimum absolute atomic E-state index is 0.546. The molecule has 0 unspecified atom stereocenters. The minimum Gasteiger partial charge on any atom is -0.355 e. The molecule has 1 heterocycles. The van der Waals surface area contributed by atoms with E-state index in [9.17, 15) is 0 Å². The summed E-state index contributed by atoms with van der Waals surface area (Å²) in [4.78, 5) is 0. The average Bonchev–Trinajstić information content (AvgIpc) is 2.93. The highest BCUT2D eigenvalue weighted by Gasteiger charge is 2.08. The van der Waals surface area contributed by atoms with Crippen molar-refractivity contribution in [1.82, 2.24) is 20.6 Å². The average molecular weight is 272 g/mol. The monoisotopic (exact) mass is 271 g/mol. The standard InChI is InChI=1S/C13H10ClN5/c14-9-4-3-5-10(8-9)15-12-7-2-1-6-11(12)13-16-18-19-17-13/h1-8,15H,(H,16,17,18,19). The lowest BCUT2D eigenvalue weighted by molar-refractivity contribution is 0.881. The van der Waals surface area contributed by atoms with Crippen LogP contribution in [0.25, 0.3) is 11.4 Å². The van der Waals surface area contributed by atoms with Crippen molar-refractivity contribution in [2.24, 2.45) is 0 Å². The Balaban J connectivity index is 1.97. The van der Waals surface area contributed by atoms with Gasteiger partial charge in [-0.3, -0.25) is 0 Å².